The first kappa shape index (κ1) is 10.6. The van der Waals surface area contributed by atoms with E-state index in [2.05, 4.69) is 21.8 Å². The van der Waals surface area contributed by atoms with Crippen LogP contribution in [0, 0.1) is 0 Å². The van der Waals surface area contributed by atoms with Crippen LogP contribution in [0.4, 0.5) is 0 Å². The maximum absolute atomic E-state index is 5.33. The van der Waals surface area contributed by atoms with Crippen molar-refractivity contribution in [1.82, 2.24) is 14.9 Å². The maximum atomic E-state index is 5.33. The fourth-order valence-corrected chi connectivity index (χ4v) is 2.09. The highest BCUT2D eigenvalue weighted by Crippen LogP contribution is 2.14. The van der Waals surface area contributed by atoms with Gasteiger partial charge in [0.15, 0.2) is 0 Å². The van der Waals surface area contributed by atoms with Gasteiger partial charge in [-0.25, -0.2) is 4.98 Å². The number of rotatable bonds is 3. The Balaban J connectivity index is 1.91. The van der Waals surface area contributed by atoms with Crippen LogP contribution >= 0.6 is 0 Å². The van der Waals surface area contributed by atoms with Crippen molar-refractivity contribution >= 4 is 0 Å². The zero-order valence-corrected chi connectivity index (χ0v) is 9.44. The molecule has 2 heterocycles. The number of imidazole rings is 1. The van der Waals surface area contributed by atoms with Gasteiger partial charge in [0, 0.05) is 38.7 Å². The van der Waals surface area contributed by atoms with Gasteiger partial charge in [-0.1, -0.05) is 0 Å². The predicted octanol–water partition coefficient (Wildman–Crippen LogP) is 1.25. The molecule has 2 rings (SSSR count). The fourth-order valence-electron chi connectivity index (χ4n) is 2.09. The van der Waals surface area contributed by atoms with Gasteiger partial charge in [0.1, 0.15) is 5.82 Å². The van der Waals surface area contributed by atoms with Gasteiger partial charge in [-0.15, -0.1) is 0 Å². The molecule has 4 heteroatoms. The van der Waals surface area contributed by atoms with Crippen LogP contribution in [-0.2, 0) is 11.8 Å². The first-order chi connectivity index (χ1) is 7.27. The van der Waals surface area contributed by atoms with E-state index in [0.717, 1.165) is 31.9 Å². The van der Waals surface area contributed by atoms with Crippen LogP contribution in [0.5, 0.6) is 0 Å². The van der Waals surface area contributed by atoms with Crippen molar-refractivity contribution in [3.05, 3.63) is 18.2 Å². The summed E-state index contributed by atoms with van der Waals surface area (Å²) in [7, 11) is 2.03. The lowest BCUT2D eigenvalue weighted by Gasteiger charge is -2.26. The molecule has 1 aliphatic rings. The molecule has 0 saturated carbocycles. The zero-order chi connectivity index (χ0) is 10.7. The molecule has 0 radical (unpaired) electrons. The topological polar surface area (TPSA) is 39.1 Å². The summed E-state index contributed by atoms with van der Waals surface area (Å²) in [4.78, 5) is 4.35. The van der Waals surface area contributed by atoms with Crippen molar-refractivity contribution in [2.45, 2.75) is 31.8 Å². The third-order valence-corrected chi connectivity index (χ3v) is 2.95. The van der Waals surface area contributed by atoms with E-state index in [-0.39, 0.29) is 0 Å². The summed E-state index contributed by atoms with van der Waals surface area (Å²) in [5, 5.41) is 3.60. The number of ether oxygens (including phenoxy) is 1. The number of nitrogens with zero attached hydrogens (tertiary/aromatic N) is 2. The largest absolute Gasteiger partial charge is 0.381 e. The molecule has 1 aromatic rings. The van der Waals surface area contributed by atoms with Crippen LogP contribution in [0.25, 0.3) is 0 Å². The molecule has 0 aromatic carbocycles. The molecule has 0 spiro atoms. The van der Waals surface area contributed by atoms with Crippen LogP contribution in [0.2, 0.25) is 0 Å². The SMILES string of the molecule is CC(NC1CCOCC1)c1nccn1C. The lowest BCUT2D eigenvalue weighted by Crippen LogP contribution is -2.37. The van der Waals surface area contributed by atoms with Gasteiger partial charge in [-0.05, 0) is 19.8 Å². The smallest absolute Gasteiger partial charge is 0.125 e. The Bertz CT molecular complexity index is 305. The Kier molecular flexibility index (Phi) is 3.38. The number of aryl methyl sites for hydroxylation is 1. The van der Waals surface area contributed by atoms with Gasteiger partial charge in [0.2, 0.25) is 0 Å². The van der Waals surface area contributed by atoms with E-state index in [1.165, 1.54) is 0 Å². The van der Waals surface area contributed by atoms with Crippen molar-refractivity contribution in [3.63, 3.8) is 0 Å². The van der Waals surface area contributed by atoms with Gasteiger partial charge in [-0.3, -0.25) is 0 Å². The van der Waals surface area contributed by atoms with Crippen molar-refractivity contribution < 1.29 is 4.74 Å². The minimum atomic E-state index is 0.313. The summed E-state index contributed by atoms with van der Waals surface area (Å²) in [6, 6.07) is 0.888. The van der Waals surface area contributed by atoms with Crippen molar-refractivity contribution in [3.8, 4) is 0 Å². The zero-order valence-electron chi connectivity index (χ0n) is 9.44. The van der Waals surface area contributed by atoms with Crippen LogP contribution in [-0.4, -0.2) is 28.8 Å². The van der Waals surface area contributed by atoms with E-state index < -0.39 is 0 Å². The number of nitrogens with one attached hydrogen (secondary N) is 1. The molecule has 4 nitrogen and oxygen atoms in total. The highest BCUT2D eigenvalue weighted by Gasteiger charge is 2.18. The van der Waals surface area contributed by atoms with E-state index in [1.54, 1.807) is 0 Å². The lowest BCUT2D eigenvalue weighted by molar-refractivity contribution is 0.0751. The lowest BCUT2D eigenvalue weighted by atomic mass is 10.1. The average molecular weight is 209 g/mol. The molecule has 1 atom stereocenters. The molecule has 1 fully saturated rings. The van der Waals surface area contributed by atoms with E-state index >= 15 is 0 Å². The molecule has 1 saturated heterocycles. The monoisotopic (exact) mass is 209 g/mol. The van der Waals surface area contributed by atoms with Crippen molar-refractivity contribution in [2.24, 2.45) is 7.05 Å². The maximum Gasteiger partial charge on any atom is 0.125 e. The molecule has 0 amide bonds. The summed E-state index contributed by atoms with van der Waals surface area (Å²) in [5.74, 6) is 1.10. The van der Waals surface area contributed by atoms with Crippen molar-refractivity contribution in [2.75, 3.05) is 13.2 Å². The first-order valence-electron chi connectivity index (χ1n) is 5.58. The molecular formula is C11H19N3O. The second-order valence-corrected chi connectivity index (χ2v) is 4.17. The van der Waals surface area contributed by atoms with Crippen LogP contribution in [0.3, 0.4) is 0 Å². The van der Waals surface area contributed by atoms with E-state index in [9.17, 15) is 0 Å². The Morgan fingerprint density at radius 2 is 2.27 bits per heavy atom. The Hall–Kier alpha value is -0.870. The molecule has 1 unspecified atom stereocenters. The number of aromatic nitrogens is 2. The van der Waals surface area contributed by atoms with Crippen molar-refractivity contribution in [1.29, 1.82) is 0 Å². The molecule has 0 aliphatic carbocycles. The Morgan fingerprint density at radius 3 is 2.87 bits per heavy atom. The number of hydrogen-bond acceptors (Lipinski definition) is 3. The van der Waals surface area contributed by atoms with Gasteiger partial charge < -0.3 is 14.6 Å². The number of hydrogen-bond donors (Lipinski definition) is 1. The van der Waals surface area contributed by atoms with E-state index in [4.69, 9.17) is 4.74 Å². The minimum Gasteiger partial charge on any atom is -0.381 e. The molecule has 0 bridgehead atoms. The third-order valence-electron chi connectivity index (χ3n) is 2.95. The first-order valence-corrected chi connectivity index (χ1v) is 5.58. The van der Waals surface area contributed by atoms with Crippen LogP contribution in [0.15, 0.2) is 12.4 Å². The normalized spacial score (nSPS) is 20.4. The third kappa shape index (κ3) is 2.58. The quantitative estimate of drug-likeness (QED) is 0.814. The second-order valence-electron chi connectivity index (χ2n) is 4.17. The highest BCUT2D eigenvalue weighted by atomic mass is 16.5. The molecule has 1 aromatic heterocycles. The summed E-state index contributed by atoms with van der Waals surface area (Å²) in [5.41, 5.74) is 0. The summed E-state index contributed by atoms with van der Waals surface area (Å²) in [6.07, 6.45) is 6.04. The molecule has 1 aliphatic heterocycles. The standard InChI is InChI=1S/C11H19N3O/c1-9(11-12-5-6-14(11)2)13-10-3-7-15-8-4-10/h5-6,9-10,13H,3-4,7-8H2,1-2H3. The Morgan fingerprint density at radius 1 is 1.53 bits per heavy atom. The van der Waals surface area contributed by atoms with Gasteiger partial charge >= 0.3 is 0 Å². The molecule has 84 valence electrons. The van der Waals surface area contributed by atoms with E-state index in [0.29, 0.717) is 12.1 Å². The van der Waals surface area contributed by atoms with Gasteiger partial charge in [-0.2, -0.15) is 0 Å². The van der Waals surface area contributed by atoms with Crippen LogP contribution in [0.1, 0.15) is 31.6 Å². The highest BCUT2D eigenvalue weighted by molar-refractivity contribution is 4.97. The Labute approximate surface area is 90.6 Å². The second kappa shape index (κ2) is 4.77. The fraction of sp³-hybridized carbons (Fsp3) is 0.727. The summed E-state index contributed by atoms with van der Waals surface area (Å²) < 4.78 is 7.40. The molecule has 15 heavy (non-hydrogen) atoms. The van der Waals surface area contributed by atoms with Gasteiger partial charge in [0.25, 0.3) is 0 Å². The average Bonchev–Trinajstić information content (AvgIpc) is 2.66. The molecular weight excluding hydrogens is 190 g/mol. The van der Waals surface area contributed by atoms with E-state index in [1.807, 2.05) is 19.4 Å². The minimum absolute atomic E-state index is 0.313. The molecule has 1 N–H and O–H groups in total. The summed E-state index contributed by atoms with van der Waals surface area (Å²) in [6.45, 7) is 3.92. The van der Waals surface area contributed by atoms with Gasteiger partial charge in [0.05, 0.1) is 6.04 Å². The van der Waals surface area contributed by atoms with Crippen LogP contribution < -0.4 is 5.32 Å². The predicted molar refractivity (Wildman–Crippen MR) is 58.6 cm³/mol. The summed E-state index contributed by atoms with van der Waals surface area (Å²) >= 11 is 0.